The Kier molecular flexibility index (Phi) is 39.2. The van der Waals surface area contributed by atoms with Gasteiger partial charge in [0.2, 0.25) is 29.5 Å². The molecule has 0 aromatic carbocycles. The molecule has 0 aromatic rings. The van der Waals surface area contributed by atoms with Crippen LogP contribution in [0.3, 0.4) is 0 Å². The topological polar surface area (TPSA) is 878 Å². The second-order valence-corrected chi connectivity index (χ2v) is 31.5. The van der Waals surface area contributed by atoms with Gasteiger partial charge < -0.3 is 255 Å². The second-order valence-electron chi connectivity index (χ2n) is 31.5. The van der Waals surface area contributed by atoms with Gasteiger partial charge in [0.25, 0.3) is 0 Å². The summed E-state index contributed by atoms with van der Waals surface area (Å²) in [5, 5.41) is 321. The molecule has 9 aliphatic heterocycles. The molecule has 56 heteroatoms. The molecule has 0 spiro atoms. The number of ether oxygens (including phenoxy) is 18. The summed E-state index contributed by atoms with van der Waals surface area (Å²) in [6.45, 7) is -7.39. The van der Waals surface area contributed by atoms with Crippen molar-refractivity contribution in [3.8, 4) is 0 Å². The first-order valence-corrected chi connectivity index (χ1v) is 40.1. The molecule has 126 heavy (non-hydrogen) atoms. The summed E-state index contributed by atoms with van der Waals surface area (Å²) >= 11 is 0. The molecule has 0 aromatic heterocycles. The SMILES string of the molecule is CC(=O)N[C@H]1[C@H](O[C@H]2[C@@H](O)[C@@H](CO)O[C@@H](O[C@@H]([C@@H](O)[C@H](O)CO[C@@H]3O[C@H](CO)[C@@H](O[C@@H]4O[C@H](CO)[C@H](O)[C@H](O[C@@H]5O[C@H](CO)[C@@H](O[C@@H]6O[C@H](CO)[C@H](O)[C@H](O[C@@H]7O[C@H](CO)[C@@H](O[C@@H]8O[C@H](CO)[C@H](O)[C@H](O)[C@H]8O)[C@H](O)[C@H]7NC(C)=O)[C@H]6O)[C@H](O)[C@H]5NC(C)=O)[C@H]4O)[C@H](O)[C@H]3NC(C)=O)[C@H](CO)NC(C)=O)[C@@H]2O)O[C@H](CO)[C@@H](O[C@@H]2O[C@H](CO)[C@H](O)[C@H](O)[C@H]2O)[C@@H]1O. The molecule has 9 fully saturated rings. The molecule has 0 bridgehead atoms. The Bertz CT molecular complexity index is 3380. The van der Waals surface area contributed by atoms with Gasteiger partial charge in [0, 0.05) is 34.6 Å². The summed E-state index contributed by atoms with van der Waals surface area (Å²) in [6, 6.07) is -9.37. The molecule has 9 saturated heterocycles. The average Bonchev–Trinajstić information content (AvgIpc) is 0.760. The van der Waals surface area contributed by atoms with E-state index in [4.69, 9.17) is 85.3 Å². The van der Waals surface area contributed by atoms with E-state index in [1.165, 1.54) is 0 Å². The highest BCUT2D eigenvalue weighted by molar-refractivity contribution is 5.75. The van der Waals surface area contributed by atoms with Crippen molar-refractivity contribution in [1.82, 2.24) is 26.6 Å². The highest BCUT2D eigenvalue weighted by Crippen LogP contribution is 2.40. The van der Waals surface area contributed by atoms with Crippen molar-refractivity contribution in [2.75, 3.05) is 72.7 Å². The van der Waals surface area contributed by atoms with Crippen molar-refractivity contribution in [3.63, 3.8) is 0 Å². The third-order valence-corrected chi connectivity index (χ3v) is 22.5. The number of hydrogen-bond donors (Lipinski definition) is 33. The van der Waals surface area contributed by atoms with Crippen LogP contribution in [0.1, 0.15) is 34.6 Å². The van der Waals surface area contributed by atoms with Crippen LogP contribution in [0.25, 0.3) is 0 Å². The molecule has 33 N–H and O–H groups in total. The Hall–Kier alpha value is -4.49. The van der Waals surface area contributed by atoms with Crippen LogP contribution in [-0.4, -0.2) is 546 Å². The molecule has 9 heterocycles. The van der Waals surface area contributed by atoms with Crippen LogP contribution in [0.5, 0.6) is 0 Å². The number of aliphatic hydroxyl groups excluding tert-OH is 28. The maximum atomic E-state index is 13.0. The zero-order chi connectivity index (χ0) is 93.2. The van der Waals surface area contributed by atoms with E-state index in [1.807, 2.05) is 0 Å². The van der Waals surface area contributed by atoms with Crippen LogP contribution < -0.4 is 26.6 Å². The first-order chi connectivity index (χ1) is 59.6. The minimum absolute atomic E-state index is 0.888. The molecule has 0 unspecified atom stereocenters. The zero-order valence-corrected chi connectivity index (χ0v) is 68.0. The number of carbonyl (C=O) groups excluding carboxylic acids is 5. The van der Waals surface area contributed by atoms with E-state index in [0.717, 1.165) is 34.6 Å². The summed E-state index contributed by atoms with van der Waals surface area (Å²) < 4.78 is 105. The summed E-state index contributed by atoms with van der Waals surface area (Å²) in [4.78, 5) is 63.9. The van der Waals surface area contributed by atoms with Crippen molar-refractivity contribution >= 4 is 29.5 Å². The Labute approximate surface area is 714 Å². The molecule has 49 atom stereocenters. The van der Waals surface area contributed by atoms with E-state index in [2.05, 4.69) is 26.6 Å². The molecule has 5 amide bonds. The van der Waals surface area contributed by atoms with Gasteiger partial charge >= 0.3 is 0 Å². The number of carbonyl (C=O) groups is 5. The van der Waals surface area contributed by atoms with Gasteiger partial charge in [-0.25, -0.2) is 0 Å². The van der Waals surface area contributed by atoms with Gasteiger partial charge in [-0.15, -0.1) is 0 Å². The molecular formula is C70H119N5O51. The van der Waals surface area contributed by atoms with Gasteiger partial charge in [-0.1, -0.05) is 0 Å². The fourth-order valence-electron chi connectivity index (χ4n) is 16.0. The maximum Gasteiger partial charge on any atom is 0.217 e. The number of nitrogens with one attached hydrogen (secondary N) is 5. The number of rotatable bonds is 37. The third-order valence-electron chi connectivity index (χ3n) is 22.5. The van der Waals surface area contributed by atoms with Crippen molar-refractivity contribution in [2.45, 2.75) is 335 Å². The minimum atomic E-state index is -2.47. The molecule has 730 valence electrons. The third kappa shape index (κ3) is 24.0. The lowest BCUT2D eigenvalue weighted by Gasteiger charge is -2.51. The standard InChI is InChI=1S/C70H119N5O51/c1-17(86)71-22(6-76)54(119-68-51(106)59(40(95)26(9-79)112-68)124-63-34(73-19(3)88)44(99)56(30(13-83)116-63)120-66-49(104)47(102)38(93)24(7-77)110-66)37(92)23(91)16-109-62-33(72-18(2)87)43(98)55(29(12-82)115-62)122-69-52(107)60(41(96)27(10-80)113-69)126-65-36(75-21(5)90)46(101)58(32(15-85)118-65)123-70-53(108)61(42(97)28(11-81)114-70)125-64-35(74-20(4)89)45(100)57(31(14-84)117-64)121-67-50(105)48(103)39(94)25(8-78)111-67/h22-70,76-85,91-108H,6-16H2,1-5H3,(H,71,86)(H,72,87)(H,73,88)(H,74,89)(H,75,90)/t22-,23+,24+,25+,26+,27+,28+,29+,30+,31+,32+,33+,34+,35+,36+,37-,38-,39-,40-,41-,42-,43+,44+,45+,46+,47-,48-,49+,50+,51+,52+,53+,54+,55+,56+,57+,58+,59-,60-,61-,62+,63-,64-,65-,66-,67-,68-,69-,70-/m0/s1. The van der Waals surface area contributed by atoms with E-state index in [9.17, 15) is 167 Å². The molecule has 0 aliphatic carbocycles. The molecule has 0 radical (unpaired) electrons. The predicted octanol–water partition coefficient (Wildman–Crippen LogP) is -22.4. The summed E-state index contributed by atoms with van der Waals surface area (Å²) in [5.41, 5.74) is 0. The van der Waals surface area contributed by atoms with Crippen molar-refractivity contribution in [1.29, 1.82) is 0 Å². The molecule has 0 saturated carbocycles. The van der Waals surface area contributed by atoms with E-state index >= 15 is 0 Å². The van der Waals surface area contributed by atoms with Gasteiger partial charge in [0.05, 0.1) is 78.7 Å². The van der Waals surface area contributed by atoms with E-state index in [0.29, 0.717) is 0 Å². The van der Waals surface area contributed by atoms with Gasteiger partial charge in [-0.05, 0) is 0 Å². The molecular weight excluding hydrogens is 1730 g/mol. The van der Waals surface area contributed by atoms with Gasteiger partial charge in [0.15, 0.2) is 56.6 Å². The first-order valence-electron chi connectivity index (χ1n) is 40.1. The number of aliphatic hydroxyl groups is 28. The van der Waals surface area contributed by atoms with Gasteiger partial charge in [-0.3, -0.25) is 24.0 Å². The highest BCUT2D eigenvalue weighted by Gasteiger charge is 2.61. The quantitative estimate of drug-likeness (QED) is 0.0275. The van der Waals surface area contributed by atoms with Crippen molar-refractivity contribution in [2.24, 2.45) is 0 Å². The Morgan fingerprint density at radius 3 is 0.778 bits per heavy atom. The average molecular weight is 1850 g/mol. The normalized spacial score (nSPS) is 45.8. The highest BCUT2D eigenvalue weighted by atomic mass is 16.8. The lowest BCUT2D eigenvalue weighted by Crippen LogP contribution is -2.71. The summed E-state index contributed by atoms with van der Waals surface area (Å²) in [5.74, 6) is -4.64. The predicted molar refractivity (Wildman–Crippen MR) is 390 cm³/mol. The van der Waals surface area contributed by atoms with E-state index < -0.39 is 403 Å². The van der Waals surface area contributed by atoms with Gasteiger partial charge in [0.1, 0.15) is 238 Å². The second kappa shape index (κ2) is 46.9. The van der Waals surface area contributed by atoms with Gasteiger partial charge in [-0.2, -0.15) is 0 Å². The van der Waals surface area contributed by atoms with Crippen LogP contribution >= 0.6 is 0 Å². The Balaban J connectivity index is 0.880. The minimum Gasteiger partial charge on any atom is -0.394 e. The van der Waals surface area contributed by atoms with Crippen LogP contribution in [0, 0.1) is 0 Å². The van der Waals surface area contributed by atoms with Crippen LogP contribution in [0.4, 0.5) is 0 Å². The maximum absolute atomic E-state index is 13.0. The monoisotopic (exact) mass is 1850 g/mol. The fourth-order valence-corrected chi connectivity index (χ4v) is 16.0. The van der Waals surface area contributed by atoms with Crippen LogP contribution in [0.2, 0.25) is 0 Å². The van der Waals surface area contributed by atoms with E-state index in [1.54, 1.807) is 0 Å². The number of hydrogen-bond acceptors (Lipinski definition) is 51. The van der Waals surface area contributed by atoms with Crippen LogP contribution in [-0.2, 0) is 109 Å². The smallest absolute Gasteiger partial charge is 0.217 e. The largest absolute Gasteiger partial charge is 0.394 e. The fraction of sp³-hybridized carbons (Fsp3) is 0.929. The zero-order valence-electron chi connectivity index (χ0n) is 68.0. The molecule has 9 aliphatic rings. The lowest BCUT2D eigenvalue weighted by atomic mass is 9.93. The van der Waals surface area contributed by atoms with E-state index in [-0.39, 0.29) is 0 Å². The Morgan fingerprint density at radius 1 is 0.270 bits per heavy atom. The Morgan fingerprint density at radius 2 is 0.508 bits per heavy atom. The van der Waals surface area contributed by atoms with Crippen molar-refractivity contribution < 1.29 is 252 Å². The molecule has 9 rings (SSSR count). The van der Waals surface area contributed by atoms with Crippen LogP contribution in [0.15, 0.2) is 0 Å². The number of amides is 5. The van der Waals surface area contributed by atoms with Crippen molar-refractivity contribution in [3.05, 3.63) is 0 Å². The summed E-state index contributed by atoms with van der Waals surface area (Å²) in [7, 11) is 0. The molecule has 56 nitrogen and oxygen atoms in total. The first kappa shape index (κ1) is 105. The summed E-state index contributed by atoms with van der Waals surface area (Å²) in [6.07, 6.45) is -90.1. The lowest BCUT2D eigenvalue weighted by molar-refractivity contribution is -0.386.